The lowest BCUT2D eigenvalue weighted by Crippen LogP contribution is -2.20. The summed E-state index contributed by atoms with van der Waals surface area (Å²) in [5.41, 5.74) is 1.07. The largest absolute Gasteiger partial charge is 0.468 e. The number of aliphatic hydroxyl groups excluding tert-OH is 1. The van der Waals surface area contributed by atoms with E-state index in [0.29, 0.717) is 5.92 Å². The summed E-state index contributed by atoms with van der Waals surface area (Å²) in [6.45, 7) is 2.81. The fraction of sp³-hybridized carbons (Fsp3) is 0.400. The molecular formula is C15H18N2O2. The van der Waals surface area contributed by atoms with Crippen LogP contribution in [0.25, 0.3) is 0 Å². The third-order valence-corrected chi connectivity index (χ3v) is 3.78. The molecule has 0 bridgehead atoms. The van der Waals surface area contributed by atoms with Crippen LogP contribution in [0.2, 0.25) is 0 Å². The van der Waals surface area contributed by atoms with Crippen molar-refractivity contribution in [3.63, 3.8) is 0 Å². The van der Waals surface area contributed by atoms with Crippen LogP contribution in [0.15, 0.2) is 47.2 Å². The number of aromatic nitrogens is 1. The molecule has 4 heteroatoms. The predicted molar refractivity (Wildman–Crippen MR) is 71.5 cm³/mol. The summed E-state index contributed by atoms with van der Waals surface area (Å²) >= 11 is 0. The minimum absolute atomic E-state index is 0.204. The lowest BCUT2D eigenvalue weighted by molar-refractivity contribution is 0.210. The van der Waals surface area contributed by atoms with Gasteiger partial charge in [-0.05, 0) is 24.3 Å². The van der Waals surface area contributed by atoms with Crippen LogP contribution in [-0.4, -0.2) is 34.7 Å². The molecule has 4 nitrogen and oxygen atoms in total. The Bertz CT molecular complexity index is 498. The molecule has 1 fully saturated rings. The number of likely N-dealkylation sites (tertiary alicyclic amines) is 1. The first-order valence-electron chi connectivity index (χ1n) is 6.63. The predicted octanol–water partition coefficient (Wildman–Crippen LogP) is 1.88. The van der Waals surface area contributed by atoms with Gasteiger partial charge in [-0.3, -0.25) is 9.88 Å². The van der Waals surface area contributed by atoms with Crippen LogP contribution in [-0.2, 0) is 6.54 Å². The molecule has 3 rings (SSSR count). The second-order valence-electron chi connectivity index (χ2n) is 5.08. The fourth-order valence-corrected chi connectivity index (χ4v) is 2.83. The average Bonchev–Trinajstić information content (AvgIpc) is 3.09. The van der Waals surface area contributed by atoms with Crippen molar-refractivity contribution < 1.29 is 9.52 Å². The molecule has 1 aliphatic heterocycles. The van der Waals surface area contributed by atoms with E-state index in [1.807, 2.05) is 36.5 Å². The molecule has 2 atom stereocenters. The van der Waals surface area contributed by atoms with E-state index in [1.54, 1.807) is 6.26 Å². The summed E-state index contributed by atoms with van der Waals surface area (Å²) in [7, 11) is 0. The van der Waals surface area contributed by atoms with Crippen LogP contribution >= 0.6 is 0 Å². The molecule has 100 valence electrons. The minimum atomic E-state index is 0.204. The highest BCUT2D eigenvalue weighted by molar-refractivity contribution is 5.14. The van der Waals surface area contributed by atoms with E-state index in [0.717, 1.165) is 31.1 Å². The maximum atomic E-state index is 9.56. The molecule has 0 radical (unpaired) electrons. The smallest absolute Gasteiger partial charge is 0.117 e. The Balaban J connectivity index is 1.72. The van der Waals surface area contributed by atoms with Crippen LogP contribution in [0.3, 0.4) is 0 Å². The van der Waals surface area contributed by atoms with E-state index in [9.17, 15) is 5.11 Å². The van der Waals surface area contributed by atoms with Gasteiger partial charge in [0.05, 0.1) is 12.8 Å². The van der Waals surface area contributed by atoms with Crippen LogP contribution in [0.5, 0.6) is 0 Å². The highest BCUT2D eigenvalue weighted by atomic mass is 16.3. The van der Waals surface area contributed by atoms with Gasteiger partial charge in [-0.2, -0.15) is 0 Å². The standard InChI is InChI=1S/C15H18N2O2/c18-11-12-8-17(9-13-4-3-7-19-13)10-14(12)15-5-1-2-6-16-15/h1-7,12,14,18H,8-11H2/t12-,14+/m0/s1. The van der Waals surface area contributed by atoms with Gasteiger partial charge in [0.25, 0.3) is 0 Å². The SMILES string of the molecule is OC[C@@H]1CN(Cc2ccco2)C[C@H]1c1ccccn1. The molecule has 19 heavy (non-hydrogen) atoms. The van der Waals surface area contributed by atoms with Gasteiger partial charge >= 0.3 is 0 Å². The average molecular weight is 258 g/mol. The van der Waals surface area contributed by atoms with Crippen molar-refractivity contribution in [3.05, 3.63) is 54.2 Å². The van der Waals surface area contributed by atoms with Crippen molar-refractivity contribution in [2.24, 2.45) is 5.92 Å². The molecule has 2 aromatic rings. The van der Waals surface area contributed by atoms with E-state index >= 15 is 0 Å². The van der Waals surface area contributed by atoms with Crippen molar-refractivity contribution in [2.45, 2.75) is 12.5 Å². The Hall–Kier alpha value is -1.65. The summed E-state index contributed by atoms with van der Waals surface area (Å²) < 4.78 is 5.39. The first-order chi connectivity index (χ1) is 9.36. The number of furan rings is 1. The molecular weight excluding hydrogens is 240 g/mol. The summed E-state index contributed by atoms with van der Waals surface area (Å²) in [4.78, 5) is 6.75. The van der Waals surface area contributed by atoms with E-state index < -0.39 is 0 Å². The third-order valence-electron chi connectivity index (χ3n) is 3.78. The lowest BCUT2D eigenvalue weighted by Gasteiger charge is -2.15. The monoisotopic (exact) mass is 258 g/mol. The Labute approximate surface area is 112 Å². The zero-order chi connectivity index (χ0) is 13.1. The minimum Gasteiger partial charge on any atom is -0.468 e. The van der Waals surface area contributed by atoms with Crippen molar-refractivity contribution in [1.82, 2.24) is 9.88 Å². The zero-order valence-corrected chi connectivity index (χ0v) is 10.8. The molecule has 1 saturated heterocycles. The molecule has 1 N–H and O–H groups in total. The normalized spacial score (nSPS) is 23.8. The summed E-state index contributed by atoms with van der Waals surface area (Å²) in [6.07, 6.45) is 3.52. The van der Waals surface area contributed by atoms with Crippen LogP contribution in [0.1, 0.15) is 17.4 Å². The third kappa shape index (κ3) is 2.69. The zero-order valence-electron chi connectivity index (χ0n) is 10.8. The first kappa shape index (κ1) is 12.4. The number of pyridine rings is 1. The maximum absolute atomic E-state index is 9.56. The second kappa shape index (κ2) is 5.55. The van der Waals surface area contributed by atoms with Gasteiger partial charge in [0.15, 0.2) is 0 Å². The van der Waals surface area contributed by atoms with Gasteiger partial charge in [-0.15, -0.1) is 0 Å². The molecule has 0 aromatic carbocycles. The molecule has 0 amide bonds. The highest BCUT2D eigenvalue weighted by Gasteiger charge is 2.34. The Morgan fingerprint density at radius 1 is 1.26 bits per heavy atom. The molecule has 0 saturated carbocycles. The van der Waals surface area contributed by atoms with Crippen LogP contribution in [0, 0.1) is 5.92 Å². The van der Waals surface area contributed by atoms with Crippen LogP contribution in [0.4, 0.5) is 0 Å². The van der Waals surface area contributed by atoms with E-state index in [4.69, 9.17) is 4.42 Å². The summed E-state index contributed by atoms with van der Waals surface area (Å²) in [5.74, 6) is 1.53. The quantitative estimate of drug-likeness (QED) is 0.909. The molecule has 3 heterocycles. The van der Waals surface area contributed by atoms with Crippen LogP contribution < -0.4 is 0 Å². The summed E-state index contributed by atoms with van der Waals surface area (Å²) in [5, 5.41) is 9.56. The molecule has 2 aromatic heterocycles. The molecule has 0 aliphatic carbocycles. The number of rotatable bonds is 4. The Morgan fingerprint density at radius 3 is 2.89 bits per heavy atom. The summed E-state index contributed by atoms with van der Waals surface area (Å²) in [6, 6.07) is 9.87. The number of hydrogen-bond acceptors (Lipinski definition) is 4. The fourth-order valence-electron chi connectivity index (χ4n) is 2.83. The maximum Gasteiger partial charge on any atom is 0.117 e. The second-order valence-corrected chi connectivity index (χ2v) is 5.08. The topological polar surface area (TPSA) is 49.5 Å². The van der Waals surface area contributed by atoms with Gasteiger partial charge in [0.2, 0.25) is 0 Å². The van der Waals surface area contributed by atoms with Gasteiger partial charge in [0, 0.05) is 43.4 Å². The van der Waals surface area contributed by atoms with E-state index in [2.05, 4.69) is 9.88 Å². The molecule has 0 unspecified atom stereocenters. The van der Waals surface area contributed by atoms with Crippen molar-refractivity contribution >= 4 is 0 Å². The molecule has 0 spiro atoms. The number of nitrogens with zero attached hydrogens (tertiary/aromatic N) is 2. The van der Waals surface area contributed by atoms with E-state index in [1.165, 1.54) is 0 Å². The Kier molecular flexibility index (Phi) is 3.62. The first-order valence-corrected chi connectivity index (χ1v) is 6.63. The van der Waals surface area contributed by atoms with Gasteiger partial charge in [0.1, 0.15) is 5.76 Å². The lowest BCUT2D eigenvalue weighted by atomic mass is 9.93. The molecule has 1 aliphatic rings. The Morgan fingerprint density at radius 2 is 2.21 bits per heavy atom. The van der Waals surface area contributed by atoms with Crippen molar-refractivity contribution in [2.75, 3.05) is 19.7 Å². The number of aliphatic hydroxyl groups is 1. The van der Waals surface area contributed by atoms with Gasteiger partial charge < -0.3 is 9.52 Å². The van der Waals surface area contributed by atoms with Gasteiger partial charge in [-0.25, -0.2) is 0 Å². The number of hydrogen-bond donors (Lipinski definition) is 1. The van der Waals surface area contributed by atoms with Gasteiger partial charge in [-0.1, -0.05) is 6.07 Å². The van der Waals surface area contributed by atoms with Crippen molar-refractivity contribution in [1.29, 1.82) is 0 Å². The van der Waals surface area contributed by atoms with E-state index in [-0.39, 0.29) is 12.5 Å². The highest BCUT2D eigenvalue weighted by Crippen LogP contribution is 2.31. The van der Waals surface area contributed by atoms with Crippen molar-refractivity contribution in [3.8, 4) is 0 Å².